The summed E-state index contributed by atoms with van der Waals surface area (Å²) >= 11 is 0. The smallest absolute Gasteiger partial charge is 0.246 e. The predicted molar refractivity (Wildman–Crippen MR) is 71.0 cm³/mol. The van der Waals surface area contributed by atoms with Gasteiger partial charge in [-0.2, -0.15) is 0 Å². The number of carbonyl (C=O) groups is 1. The minimum Gasteiger partial charge on any atom is -0.336 e. The molecule has 0 aromatic heterocycles. The average molecular weight is 239 g/mol. The number of nitrogens with zero attached hydrogens (tertiary/aromatic N) is 3. The van der Waals surface area contributed by atoms with Gasteiger partial charge in [-0.3, -0.25) is 9.69 Å². The van der Waals surface area contributed by atoms with Gasteiger partial charge in [0, 0.05) is 38.3 Å². The number of rotatable bonds is 4. The third-order valence-corrected chi connectivity index (χ3v) is 3.25. The molecular weight excluding hydrogens is 214 g/mol. The van der Waals surface area contributed by atoms with E-state index >= 15 is 0 Å². The number of carbonyl (C=O) groups excluding carboxylic acids is 1. The molecule has 1 amide bonds. The summed E-state index contributed by atoms with van der Waals surface area (Å²) in [6, 6.07) is 0.948. The van der Waals surface area contributed by atoms with E-state index in [1.54, 1.807) is 0 Å². The van der Waals surface area contributed by atoms with Crippen LogP contribution in [0.4, 0.5) is 0 Å². The Balaban J connectivity index is 2.69. The molecule has 98 valence electrons. The van der Waals surface area contributed by atoms with E-state index in [1.165, 1.54) is 6.08 Å². The molecule has 0 N–H and O–H groups in total. The Morgan fingerprint density at radius 2 is 2.12 bits per heavy atom. The predicted octanol–water partition coefficient (Wildman–Crippen LogP) is 0.655. The number of likely N-dealkylation sites (N-methyl/N-ethyl adjacent to an activating group) is 1. The van der Waals surface area contributed by atoms with Gasteiger partial charge >= 0.3 is 0 Å². The molecule has 0 bridgehead atoms. The minimum atomic E-state index is 0.0529. The van der Waals surface area contributed by atoms with E-state index in [2.05, 4.69) is 44.3 Å². The van der Waals surface area contributed by atoms with E-state index < -0.39 is 0 Å². The zero-order valence-corrected chi connectivity index (χ0v) is 11.5. The van der Waals surface area contributed by atoms with Crippen LogP contribution in [0.25, 0.3) is 0 Å². The van der Waals surface area contributed by atoms with Gasteiger partial charge in [-0.15, -0.1) is 0 Å². The van der Waals surface area contributed by atoms with Gasteiger partial charge in [0.05, 0.1) is 0 Å². The van der Waals surface area contributed by atoms with Crippen LogP contribution in [0.1, 0.15) is 13.8 Å². The van der Waals surface area contributed by atoms with Crippen LogP contribution in [0, 0.1) is 0 Å². The van der Waals surface area contributed by atoms with Gasteiger partial charge in [0.15, 0.2) is 0 Å². The monoisotopic (exact) mass is 239 g/mol. The lowest BCUT2D eigenvalue weighted by atomic mass is 10.1. The molecule has 17 heavy (non-hydrogen) atoms. The molecule has 0 aromatic carbocycles. The standard InChI is InChI=1S/C13H25N3O/c1-6-13(17)15-7-8-16(11(2)3)12(10-15)9-14(4)5/h6,11-12H,1,7-10H2,2-5H3/t12-/m0/s1. The van der Waals surface area contributed by atoms with Crippen molar-refractivity contribution in [3.63, 3.8) is 0 Å². The Bertz CT molecular complexity index is 276. The van der Waals surface area contributed by atoms with Crippen LogP contribution in [-0.2, 0) is 4.79 Å². The third kappa shape index (κ3) is 3.82. The Morgan fingerprint density at radius 3 is 2.59 bits per heavy atom. The van der Waals surface area contributed by atoms with Crippen molar-refractivity contribution < 1.29 is 4.79 Å². The van der Waals surface area contributed by atoms with E-state index in [1.807, 2.05) is 4.90 Å². The van der Waals surface area contributed by atoms with Crippen molar-refractivity contribution >= 4 is 5.91 Å². The summed E-state index contributed by atoms with van der Waals surface area (Å²) in [5.41, 5.74) is 0. The van der Waals surface area contributed by atoms with Crippen molar-refractivity contribution in [3.05, 3.63) is 12.7 Å². The molecule has 0 radical (unpaired) electrons. The van der Waals surface area contributed by atoms with Gasteiger partial charge in [-0.25, -0.2) is 0 Å². The number of amides is 1. The van der Waals surface area contributed by atoms with Crippen LogP contribution in [0.3, 0.4) is 0 Å². The van der Waals surface area contributed by atoms with Crippen LogP contribution in [0.2, 0.25) is 0 Å². The molecule has 1 atom stereocenters. The van der Waals surface area contributed by atoms with Crippen molar-refractivity contribution in [2.75, 3.05) is 40.3 Å². The fourth-order valence-corrected chi connectivity index (χ4v) is 2.46. The lowest BCUT2D eigenvalue weighted by molar-refractivity contribution is -0.129. The Kier molecular flexibility index (Phi) is 5.15. The highest BCUT2D eigenvalue weighted by Gasteiger charge is 2.30. The molecule has 0 unspecified atom stereocenters. The zero-order chi connectivity index (χ0) is 13.0. The van der Waals surface area contributed by atoms with Crippen molar-refractivity contribution in [3.8, 4) is 0 Å². The highest BCUT2D eigenvalue weighted by atomic mass is 16.2. The van der Waals surface area contributed by atoms with Crippen molar-refractivity contribution in [1.82, 2.24) is 14.7 Å². The number of hydrogen-bond acceptors (Lipinski definition) is 3. The Hall–Kier alpha value is -0.870. The summed E-state index contributed by atoms with van der Waals surface area (Å²) in [5.74, 6) is 0.0529. The third-order valence-electron chi connectivity index (χ3n) is 3.25. The summed E-state index contributed by atoms with van der Waals surface area (Å²) < 4.78 is 0. The van der Waals surface area contributed by atoms with Crippen LogP contribution >= 0.6 is 0 Å². The van der Waals surface area contributed by atoms with Gasteiger partial charge < -0.3 is 9.80 Å². The summed E-state index contributed by atoms with van der Waals surface area (Å²) in [7, 11) is 4.15. The first kappa shape index (κ1) is 14.2. The van der Waals surface area contributed by atoms with Gasteiger partial charge in [-0.1, -0.05) is 6.58 Å². The molecule has 1 fully saturated rings. The molecule has 0 aromatic rings. The number of piperazine rings is 1. The Morgan fingerprint density at radius 1 is 1.47 bits per heavy atom. The quantitative estimate of drug-likeness (QED) is 0.674. The topological polar surface area (TPSA) is 26.8 Å². The first-order chi connectivity index (χ1) is 7.95. The van der Waals surface area contributed by atoms with E-state index in [0.29, 0.717) is 12.1 Å². The van der Waals surface area contributed by atoms with Gasteiger partial charge in [-0.05, 0) is 34.0 Å². The average Bonchev–Trinajstić information content (AvgIpc) is 2.26. The van der Waals surface area contributed by atoms with Gasteiger partial charge in [0.25, 0.3) is 0 Å². The summed E-state index contributed by atoms with van der Waals surface area (Å²) in [5, 5.41) is 0. The van der Waals surface area contributed by atoms with Crippen molar-refractivity contribution in [2.24, 2.45) is 0 Å². The van der Waals surface area contributed by atoms with E-state index in [0.717, 1.165) is 26.2 Å². The Labute approximate surface area is 105 Å². The highest BCUT2D eigenvalue weighted by molar-refractivity contribution is 5.87. The zero-order valence-electron chi connectivity index (χ0n) is 11.5. The molecule has 4 nitrogen and oxygen atoms in total. The molecule has 0 saturated carbocycles. The molecule has 0 spiro atoms. The SMILES string of the molecule is C=CC(=O)N1CCN(C(C)C)[C@@H](CN(C)C)C1. The second-order valence-corrected chi connectivity index (χ2v) is 5.24. The minimum absolute atomic E-state index is 0.0529. The first-order valence-electron chi connectivity index (χ1n) is 6.27. The van der Waals surface area contributed by atoms with E-state index in [4.69, 9.17) is 0 Å². The van der Waals surface area contributed by atoms with Crippen LogP contribution in [-0.4, -0.2) is 73.0 Å². The van der Waals surface area contributed by atoms with E-state index in [-0.39, 0.29) is 5.91 Å². The molecule has 1 rings (SSSR count). The summed E-state index contributed by atoms with van der Waals surface area (Å²) in [4.78, 5) is 18.2. The fourth-order valence-electron chi connectivity index (χ4n) is 2.46. The molecule has 1 saturated heterocycles. The second-order valence-electron chi connectivity index (χ2n) is 5.24. The fraction of sp³-hybridized carbons (Fsp3) is 0.769. The maximum atomic E-state index is 11.7. The maximum absolute atomic E-state index is 11.7. The maximum Gasteiger partial charge on any atom is 0.246 e. The lowest BCUT2D eigenvalue weighted by Crippen LogP contribution is -2.59. The highest BCUT2D eigenvalue weighted by Crippen LogP contribution is 2.14. The van der Waals surface area contributed by atoms with Crippen LogP contribution in [0.5, 0.6) is 0 Å². The molecule has 4 heteroatoms. The first-order valence-corrected chi connectivity index (χ1v) is 6.27. The van der Waals surface area contributed by atoms with Crippen molar-refractivity contribution in [2.45, 2.75) is 25.9 Å². The largest absolute Gasteiger partial charge is 0.336 e. The number of hydrogen-bond donors (Lipinski definition) is 0. The van der Waals surface area contributed by atoms with Crippen LogP contribution in [0.15, 0.2) is 12.7 Å². The molecule has 1 aliphatic heterocycles. The second kappa shape index (κ2) is 6.17. The van der Waals surface area contributed by atoms with E-state index in [9.17, 15) is 4.79 Å². The summed E-state index contributed by atoms with van der Waals surface area (Å²) in [6.07, 6.45) is 1.41. The lowest BCUT2D eigenvalue weighted by Gasteiger charge is -2.44. The molecular formula is C13H25N3O. The van der Waals surface area contributed by atoms with Crippen LogP contribution < -0.4 is 0 Å². The van der Waals surface area contributed by atoms with Gasteiger partial charge in [0.2, 0.25) is 5.91 Å². The molecule has 1 aliphatic rings. The normalized spacial score (nSPS) is 22.2. The molecule has 1 heterocycles. The van der Waals surface area contributed by atoms with Crippen molar-refractivity contribution in [1.29, 1.82) is 0 Å². The van der Waals surface area contributed by atoms with Gasteiger partial charge in [0.1, 0.15) is 0 Å². The summed E-state index contributed by atoms with van der Waals surface area (Å²) in [6.45, 7) is 11.6. The molecule has 0 aliphatic carbocycles.